The molecule has 51 heavy (non-hydrogen) atoms. The highest BCUT2D eigenvalue weighted by molar-refractivity contribution is 6.39. The number of halogens is 2. The van der Waals surface area contributed by atoms with E-state index >= 15 is 0 Å². The maximum atomic E-state index is 13.3. The van der Waals surface area contributed by atoms with Crippen molar-refractivity contribution in [3.8, 4) is 34.1 Å². The van der Waals surface area contributed by atoms with Crippen LogP contribution in [0.15, 0.2) is 54.9 Å². The van der Waals surface area contributed by atoms with Gasteiger partial charge in [0.2, 0.25) is 17.7 Å². The van der Waals surface area contributed by atoms with Gasteiger partial charge >= 0.3 is 0 Å². The molecule has 5 heterocycles. The molecule has 2 atom stereocenters. The van der Waals surface area contributed by atoms with Crippen LogP contribution in [0.5, 0.6) is 11.6 Å². The van der Waals surface area contributed by atoms with Crippen molar-refractivity contribution in [2.75, 3.05) is 32.6 Å². The molecule has 0 aliphatic carbocycles. The molecule has 2 saturated heterocycles. The highest BCUT2D eigenvalue weighted by Gasteiger charge is 2.23. The van der Waals surface area contributed by atoms with Crippen LogP contribution in [0.1, 0.15) is 47.3 Å². The Hall–Kier alpha value is -4.82. The number of ether oxygens (including phenoxy) is 2. The molecule has 2 unspecified atom stereocenters. The number of amides is 3. The van der Waals surface area contributed by atoms with Crippen molar-refractivity contribution in [3.05, 3.63) is 81.7 Å². The normalized spacial score (nSPS) is 16.9. The summed E-state index contributed by atoms with van der Waals surface area (Å²) in [5, 5.41) is 16.0. The maximum Gasteiger partial charge on any atom is 0.274 e. The van der Waals surface area contributed by atoms with Gasteiger partial charge in [0, 0.05) is 91.8 Å². The third-order valence-electron chi connectivity index (χ3n) is 8.78. The number of rotatable bonds is 14. The Labute approximate surface area is 305 Å². The first-order valence-electron chi connectivity index (χ1n) is 16.6. The molecule has 6 rings (SSSR count). The van der Waals surface area contributed by atoms with Crippen molar-refractivity contribution < 1.29 is 23.9 Å². The fraction of sp³-hybridized carbons (Fsp3) is 0.333. The molecular weight excluding hydrogens is 695 g/mol. The van der Waals surface area contributed by atoms with Crippen LogP contribution >= 0.6 is 23.2 Å². The van der Waals surface area contributed by atoms with E-state index in [4.69, 9.17) is 37.7 Å². The van der Waals surface area contributed by atoms with Gasteiger partial charge in [-0.05, 0) is 31.0 Å². The monoisotopic (exact) mass is 732 g/mol. The van der Waals surface area contributed by atoms with Crippen molar-refractivity contribution in [2.45, 2.75) is 50.9 Å². The third-order valence-corrected chi connectivity index (χ3v) is 9.57. The minimum Gasteiger partial charge on any atom is -0.496 e. The molecule has 0 saturated carbocycles. The number of hydrogen-bond donors (Lipinski definition) is 5. The van der Waals surface area contributed by atoms with Crippen molar-refractivity contribution in [1.29, 1.82) is 0 Å². The van der Waals surface area contributed by atoms with Gasteiger partial charge in [0.05, 0.1) is 41.3 Å². The molecule has 15 heteroatoms. The number of nitrogens with one attached hydrogen (secondary N) is 5. The summed E-state index contributed by atoms with van der Waals surface area (Å²) in [6.45, 7) is 2.23. The lowest BCUT2D eigenvalue weighted by atomic mass is 10.1. The van der Waals surface area contributed by atoms with Gasteiger partial charge < -0.3 is 36.1 Å². The van der Waals surface area contributed by atoms with Gasteiger partial charge in [-0.1, -0.05) is 41.4 Å². The van der Waals surface area contributed by atoms with Gasteiger partial charge in [-0.15, -0.1) is 0 Å². The van der Waals surface area contributed by atoms with Gasteiger partial charge in [-0.25, -0.2) is 4.98 Å². The third kappa shape index (κ3) is 8.56. The van der Waals surface area contributed by atoms with Gasteiger partial charge in [-0.2, -0.15) is 0 Å². The average Bonchev–Trinajstić information content (AvgIpc) is 3.76. The molecule has 3 amide bonds. The summed E-state index contributed by atoms with van der Waals surface area (Å²) in [5.41, 5.74) is 4.25. The second-order valence-corrected chi connectivity index (χ2v) is 13.0. The molecule has 0 bridgehead atoms. The van der Waals surface area contributed by atoms with E-state index in [9.17, 15) is 14.4 Å². The van der Waals surface area contributed by atoms with Crippen LogP contribution in [0.3, 0.4) is 0 Å². The summed E-state index contributed by atoms with van der Waals surface area (Å²) < 4.78 is 11.1. The van der Waals surface area contributed by atoms with Gasteiger partial charge in [0.25, 0.3) is 5.91 Å². The van der Waals surface area contributed by atoms with Crippen LogP contribution in [0.25, 0.3) is 22.5 Å². The second-order valence-electron chi connectivity index (χ2n) is 12.3. The van der Waals surface area contributed by atoms with E-state index in [2.05, 4.69) is 36.6 Å². The number of pyridine rings is 3. The topological polar surface area (TPSA) is 168 Å². The summed E-state index contributed by atoms with van der Waals surface area (Å²) in [4.78, 5) is 49.9. The highest BCUT2D eigenvalue weighted by Crippen LogP contribution is 2.40. The smallest absolute Gasteiger partial charge is 0.274 e. The molecule has 2 aliphatic rings. The summed E-state index contributed by atoms with van der Waals surface area (Å²) in [6.07, 6.45) is 5.90. The van der Waals surface area contributed by atoms with Crippen molar-refractivity contribution >= 4 is 46.6 Å². The first kappa shape index (κ1) is 36.0. The minimum atomic E-state index is -0.479. The number of nitrogens with zero attached hydrogens (tertiary/aromatic N) is 3. The fourth-order valence-corrected chi connectivity index (χ4v) is 6.67. The first-order valence-corrected chi connectivity index (χ1v) is 17.3. The SMILES string of the molecule is COc1cc(C(=O)Nc2cccc(-c3nccc(-c4ccc(CNCC5CCC(=O)N5)c(OC)n4)c3Cl)c2Cl)ncc1CNCC1CCC(=O)N1. The second kappa shape index (κ2) is 16.5. The number of methoxy groups -OCH3 is 2. The number of aromatic nitrogens is 3. The Morgan fingerprint density at radius 3 is 2.22 bits per heavy atom. The average molecular weight is 734 g/mol. The Morgan fingerprint density at radius 1 is 0.863 bits per heavy atom. The van der Waals surface area contributed by atoms with Crippen LogP contribution in [0.4, 0.5) is 5.69 Å². The van der Waals surface area contributed by atoms with E-state index < -0.39 is 5.91 Å². The zero-order valence-electron chi connectivity index (χ0n) is 28.1. The minimum absolute atomic E-state index is 0.0631. The van der Waals surface area contributed by atoms with Crippen LogP contribution < -0.4 is 36.1 Å². The Kier molecular flexibility index (Phi) is 11.6. The van der Waals surface area contributed by atoms with E-state index in [0.717, 1.165) is 24.0 Å². The molecule has 3 aromatic heterocycles. The molecule has 2 fully saturated rings. The highest BCUT2D eigenvalue weighted by atomic mass is 35.5. The van der Waals surface area contributed by atoms with Crippen molar-refractivity contribution in [1.82, 2.24) is 36.2 Å². The predicted octanol–water partition coefficient (Wildman–Crippen LogP) is 4.52. The van der Waals surface area contributed by atoms with Crippen LogP contribution in [-0.4, -0.2) is 72.1 Å². The molecule has 266 valence electrons. The van der Waals surface area contributed by atoms with Gasteiger partial charge in [-0.3, -0.25) is 24.4 Å². The quantitative estimate of drug-likeness (QED) is 0.124. The molecule has 13 nitrogen and oxygen atoms in total. The number of benzene rings is 1. The number of carbonyl (C=O) groups excluding carboxylic acids is 3. The summed E-state index contributed by atoms with van der Waals surface area (Å²) in [7, 11) is 3.09. The molecule has 1 aromatic carbocycles. The molecule has 0 radical (unpaired) electrons. The lowest BCUT2D eigenvalue weighted by molar-refractivity contribution is -0.120. The molecule has 5 N–H and O–H groups in total. The number of anilines is 1. The molecule has 0 spiro atoms. The standard InChI is InChI=1S/C36H38Cl2N8O5/c1-50-29-14-28(42-17-21(29)16-40-19-23-8-11-31(48)44-23)35(49)45-27-5-3-4-25(32(27)37)34-33(38)24(12-13-41-34)26-9-6-20(36(46-26)51-2)15-39-18-22-7-10-30(47)43-22/h3-6,9,12-14,17,22-23,39-40H,7-8,10-11,15-16,18-19H2,1-2H3,(H,43,47)(H,44,48)(H,45,49). The summed E-state index contributed by atoms with van der Waals surface area (Å²) in [6, 6.07) is 12.5. The van der Waals surface area contributed by atoms with Crippen LogP contribution in [-0.2, 0) is 22.7 Å². The first-order chi connectivity index (χ1) is 24.7. The van der Waals surface area contributed by atoms with E-state index in [-0.39, 0.29) is 34.6 Å². The van der Waals surface area contributed by atoms with Crippen molar-refractivity contribution in [2.24, 2.45) is 0 Å². The molecule has 4 aromatic rings. The van der Waals surface area contributed by atoms with Crippen molar-refractivity contribution in [3.63, 3.8) is 0 Å². The number of carbonyl (C=O) groups is 3. The predicted molar refractivity (Wildman–Crippen MR) is 194 cm³/mol. The Morgan fingerprint density at radius 2 is 1.57 bits per heavy atom. The van der Waals surface area contributed by atoms with E-state index in [1.54, 1.807) is 49.8 Å². The lowest BCUT2D eigenvalue weighted by Gasteiger charge is -2.15. The molecular formula is C36H38Cl2N8O5. The maximum absolute atomic E-state index is 13.3. The summed E-state index contributed by atoms with van der Waals surface area (Å²) >= 11 is 13.8. The summed E-state index contributed by atoms with van der Waals surface area (Å²) in [5.74, 6) is 0.607. The largest absolute Gasteiger partial charge is 0.496 e. The van der Waals surface area contributed by atoms with E-state index in [1.165, 1.54) is 7.11 Å². The van der Waals surface area contributed by atoms with Crippen LogP contribution in [0, 0.1) is 0 Å². The number of hydrogen-bond acceptors (Lipinski definition) is 10. The van der Waals surface area contributed by atoms with E-state index in [0.29, 0.717) is 83.9 Å². The van der Waals surface area contributed by atoms with E-state index in [1.807, 2.05) is 12.1 Å². The Balaban J connectivity index is 1.15. The lowest BCUT2D eigenvalue weighted by Crippen LogP contribution is -2.35. The van der Waals surface area contributed by atoms with Crippen LogP contribution in [0.2, 0.25) is 10.0 Å². The molecule has 2 aliphatic heterocycles. The van der Waals surface area contributed by atoms with Gasteiger partial charge in [0.15, 0.2) is 0 Å². The zero-order chi connectivity index (χ0) is 35.9. The Bertz CT molecular complexity index is 1940. The zero-order valence-corrected chi connectivity index (χ0v) is 29.7. The van der Waals surface area contributed by atoms with Gasteiger partial charge in [0.1, 0.15) is 11.4 Å². The fourth-order valence-electron chi connectivity index (χ4n) is 6.09.